The van der Waals surface area contributed by atoms with Crippen LogP contribution >= 0.6 is 11.3 Å². The van der Waals surface area contributed by atoms with E-state index in [2.05, 4.69) is 4.72 Å². The third kappa shape index (κ3) is 3.18. The van der Waals surface area contributed by atoms with Crippen LogP contribution in [0.25, 0.3) is 0 Å². The van der Waals surface area contributed by atoms with Crippen LogP contribution in [-0.2, 0) is 10.2 Å². The number of hydrogen-bond acceptors (Lipinski definition) is 4. The lowest BCUT2D eigenvalue weighted by Gasteiger charge is -2.19. The van der Waals surface area contributed by atoms with Gasteiger partial charge in [0.15, 0.2) is 0 Å². The Kier molecular flexibility index (Phi) is 4.49. The van der Waals surface area contributed by atoms with E-state index in [9.17, 15) is 13.2 Å². The van der Waals surface area contributed by atoms with Gasteiger partial charge in [0.2, 0.25) is 0 Å². The first-order valence-electron chi connectivity index (χ1n) is 5.01. The molecule has 96 valence electrons. The van der Waals surface area contributed by atoms with Crippen LogP contribution in [0.3, 0.4) is 0 Å². The number of nitrogens with one attached hydrogen (secondary N) is 1. The lowest BCUT2D eigenvalue weighted by molar-refractivity contribution is 0.0703. The summed E-state index contributed by atoms with van der Waals surface area (Å²) in [6, 6.07) is 1.44. The Labute approximate surface area is 104 Å². The molecule has 0 radical (unpaired) electrons. The fraction of sp³-hybridized carbons (Fsp3) is 0.444. The Balaban J connectivity index is 2.98. The lowest BCUT2D eigenvalue weighted by atomic mass is 10.4. The summed E-state index contributed by atoms with van der Waals surface area (Å²) in [5.74, 6) is -1.14. The first-order chi connectivity index (χ1) is 7.92. The Morgan fingerprint density at radius 3 is 2.53 bits per heavy atom. The van der Waals surface area contributed by atoms with E-state index in [-0.39, 0.29) is 10.6 Å². The number of anilines is 1. The molecule has 0 atom stereocenters. The maximum atomic E-state index is 11.9. The van der Waals surface area contributed by atoms with Crippen molar-refractivity contribution in [3.63, 3.8) is 0 Å². The van der Waals surface area contributed by atoms with E-state index in [1.807, 2.05) is 0 Å². The SMILES string of the molecule is CCN(CC)S(=O)(=O)Nc1ccsc1C(=O)O. The number of carboxylic acid groups (broad SMARTS) is 1. The Morgan fingerprint density at radius 1 is 1.47 bits per heavy atom. The van der Waals surface area contributed by atoms with Crippen LogP contribution in [-0.4, -0.2) is 36.9 Å². The van der Waals surface area contributed by atoms with Gasteiger partial charge in [-0.15, -0.1) is 11.3 Å². The molecule has 0 saturated carbocycles. The third-order valence-electron chi connectivity index (χ3n) is 2.14. The van der Waals surface area contributed by atoms with Crippen LogP contribution in [0.2, 0.25) is 0 Å². The topological polar surface area (TPSA) is 86.7 Å². The lowest BCUT2D eigenvalue weighted by Crippen LogP contribution is -2.35. The molecule has 17 heavy (non-hydrogen) atoms. The van der Waals surface area contributed by atoms with E-state index in [0.717, 1.165) is 11.3 Å². The van der Waals surface area contributed by atoms with Gasteiger partial charge in [-0.3, -0.25) is 4.72 Å². The van der Waals surface area contributed by atoms with Crippen molar-refractivity contribution in [3.8, 4) is 0 Å². The zero-order valence-electron chi connectivity index (χ0n) is 9.50. The molecule has 8 heteroatoms. The number of nitrogens with zero attached hydrogens (tertiary/aromatic N) is 1. The highest BCUT2D eigenvalue weighted by molar-refractivity contribution is 7.90. The summed E-state index contributed by atoms with van der Waals surface area (Å²) in [5, 5.41) is 10.4. The molecule has 6 nitrogen and oxygen atoms in total. The van der Waals surface area contributed by atoms with Crippen molar-refractivity contribution >= 4 is 33.2 Å². The molecular formula is C9H14N2O4S2. The van der Waals surface area contributed by atoms with E-state index in [4.69, 9.17) is 5.11 Å². The van der Waals surface area contributed by atoms with Gasteiger partial charge in [-0.1, -0.05) is 13.8 Å². The number of aromatic carboxylic acids is 1. The molecule has 0 saturated heterocycles. The van der Waals surface area contributed by atoms with Gasteiger partial charge in [0.05, 0.1) is 5.69 Å². The zero-order chi connectivity index (χ0) is 13.1. The van der Waals surface area contributed by atoms with Crippen LogP contribution < -0.4 is 4.72 Å². The molecule has 0 unspecified atom stereocenters. The van der Waals surface area contributed by atoms with Crippen molar-refractivity contribution < 1.29 is 18.3 Å². The van der Waals surface area contributed by atoms with Gasteiger partial charge < -0.3 is 5.11 Å². The van der Waals surface area contributed by atoms with Gasteiger partial charge in [0.1, 0.15) is 4.88 Å². The Bertz CT molecular complexity index is 491. The van der Waals surface area contributed by atoms with Crippen molar-refractivity contribution in [1.29, 1.82) is 0 Å². The molecule has 1 rings (SSSR count). The van der Waals surface area contributed by atoms with E-state index < -0.39 is 16.2 Å². The van der Waals surface area contributed by atoms with Gasteiger partial charge >= 0.3 is 16.2 Å². The Morgan fingerprint density at radius 2 is 2.06 bits per heavy atom. The van der Waals surface area contributed by atoms with E-state index in [0.29, 0.717) is 13.1 Å². The quantitative estimate of drug-likeness (QED) is 0.824. The monoisotopic (exact) mass is 278 g/mol. The molecule has 2 N–H and O–H groups in total. The first kappa shape index (κ1) is 13.9. The zero-order valence-corrected chi connectivity index (χ0v) is 11.1. The second-order valence-corrected chi connectivity index (χ2v) is 5.75. The predicted molar refractivity (Wildman–Crippen MR) is 66.7 cm³/mol. The number of hydrogen-bond donors (Lipinski definition) is 2. The van der Waals surface area contributed by atoms with Gasteiger partial charge in [-0.2, -0.15) is 12.7 Å². The van der Waals surface area contributed by atoms with E-state index >= 15 is 0 Å². The van der Waals surface area contributed by atoms with E-state index in [1.165, 1.54) is 15.8 Å². The standard InChI is InChI=1S/C9H14N2O4S2/c1-3-11(4-2)17(14,15)10-7-5-6-16-8(7)9(12)13/h5-6,10H,3-4H2,1-2H3,(H,12,13). The molecule has 1 heterocycles. The molecule has 0 aromatic carbocycles. The van der Waals surface area contributed by atoms with Gasteiger partial charge in [0.25, 0.3) is 0 Å². The number of rotatable bonds is 6. The smallest absolute Gasteiger partial charge is 0.348 e. The summed E-state index contributed by atoms with van der Waals surface area (Å²) in [7, 11) is -3.67. The second-order valence-electron chi connectivity index (χ2n) is 3.16. The summed E-state index contributed by atoms with van der Waals surface area (Å²) in [4.78, 5) is 10.8. The van der Waals surface area contributed by atoms with E-state index in [1.54, 1.807) is 13.8 Å². The van der Waals surface area contributed by atoms with Crippen molar-refractivity contribution in [1.82, 2.24) is 4.31 Å². The summed E-state index contributed by atoms with van der Waals surface area (Å²) in [5.41, 5.74) is 0.106. The number of carboxylic acids is 1. The van der Waals surface area contributed by atoms with Crippen molar-refractivity contribution in [3.05, 3.63) is 16.3 Å². The largest absolute Gasteiger partial charge is 0.477 e. The minimum absolute atomic E-state index is 0.0132. The average Bonchev–Trinajstić information content (AvgIpc) is 2.66. The molecule has 0 fully saturated rings. The van der Waals surface area contributed by atoms with Crippen LogP contribution in [0.1, 0.15) is 23.5 Å². The molecule has 0 aliphatic heterocycles. The third-order valence-corrected chi connectivity index (χ3v) is 4.72. The van der Waals surface area contributed by atoms with Crippen molar-refractivity contribution in [2.24, 2.45) is 0 Å². The molecule has 1 aromatic heterocycles. The van der Waals surface area contributed by atoms with Crippen molar-refractivity contribution in [2.75, 3.05) is 17.8 Å². The molecule has 0 spiro atoms. The number of thiophene rings is 1. The van der Waals surface area contributed by atoms with Crippen molar-refractivity contribution in [2.45, 2.75) is 13.8 Å². The summed E-state index contributed by atoms with van der Waals surface area (Å²) >= 11 is 0.980. The molecule has 0 amide bonds. The van der Waals surface area contributed by atoms with Crippen LogP contribution in [0, 0.1) is 0 Å². The molecule has 0 aliphatic carbocycles. The normalized spacial score (nSPS) is 11.7. The second kappa shape index (κ2) is 5.48. The fourth-order valence-electron chi connectivity index (χ4n) is 1.32. The summed E-state index contributed by atoms with van der Waals surface area (Å²) in [6.07, 6.45) is 0. The summed E-state index contributed by atoms with van der Waals surface area (Å²) in [6.45, 7) is 4.10. The Hall–Kier alpha value is -1.12. The minimum atomic E-state index is -3.67. The molecule has 0 aliphatic rings. The van der Waals surface area contributed by atoms with Crippen LogP contribution in [0.15, 0.2) is 11.4 Å². The van der Waals surface area contributed by atoms with Gasteiger partial charge in [-0.25, -0.2) is 4.79 Å². The average molecular weight is 278 g/mol. The predicted octanol–water partition coefficient (Wildman–Crippen LogP) is 1.44. The highest BCUT2D eigenvalue weighted by atomic mass is 32.2. The highest BCUT2D eigenvalue weighted by Gasteiger charge is 2.22. The molecular weight excluding hydrogens is 264 g/mol. The van der Waals surface area contributed by atoms with Crippen LogP contribution in [0.5, 0.6) is 0 Å². The molecule has 1 aromatic rings. The summed E-state index contributed by atoms with van der Waals surface area (Å²) < 4.78 is 27.2. The maximum absolute atomic E-state index is 11.9. The van der Waals surface area contributed by atoms with Crippen LogP contribution in [0.4, 0.5) is 5.69 Å². The highest BCUT2D eigenvalue weighted by Crippen LogP contribution is 2.23. The minimum Gasteiger partial charge on any atom is -0.477 e. The fourth-order valence-corrected chi connectivity index (χ4v) is 3.33. The van der Waals surface area contributed by atoms with Gasteiger partial charge in [0, 0.05) is 13.1 Å². The first-order valence-corrected chi connectivity index (χ1v) is 7.33. The molecule has 0 bridgehead atoms. The number of carbonyl (C=O) groups is 1. The van der Waals surface area contributed by atoms with Gasteiger partial charge in [-0.05, 0) is 11.4 Å². The maximum Gasteiger partial charge on any atom is 0.348 e.